The molecule has 5 nitrogen and oxygen atoms in total. The van der Waals surface area contributed by atoms with E-state index < -0.39 is 22.8 Å². The molecule has 0 aliphatic heterocycles. The SMILES string of the molecule is CCOCc1occ(C(=O)CCc2ccc(F)cc2F)c(=O)c1OCc1ccccc1. The number of hydrogen-bond acceptors (Lipinski definition) is 5. The van der Waals surface area contributed by atoms with Gasteiger partial charge >= 0.3 is 0 Å². The number of aryl methyl sites for hydroxylation is 1. The van der Waals surface area contributed by atoms with Crippen LogP contribution in [0.3, 0.4) is 0 Å². The fourth-order valence-electron chi connectivity index (χ4n) is 2.96. The highest BCUT2D eigenvalue weighted by Crippen LogP contribution is 2.19. The van der Waals surface area contributed by atoms with Gasteiger partial charge in [0.25, 0.3) is 0 Å². The number of carbonyl (C=O) groups is 1. The Labute approximate surface area is 178 Å². The van der Waals surface area contributed by atoms with Crippen molar-refractivity contribution in [2.24, 2.45) is 0 Å². The van der Waals surface area contributed by atoms with Crippen LogP contribution in [-0.2, 0) is 24.4 Å². The molecule has 0 bridgehead atoms. The molecule has 0 amide bonds. The summed E-state index contributed by atoms with van der Waals surface area (Å²) < 4.78 is 43.4. The molecule has 0 radical (unpaired) electrons. The molecule has 0 saturated heterocycles. The molecule has 3 aromatic rings. The Balaban J connectivity index is 1.80. The quantitative estimate of drug-likeness (QED) is 0.432. The van der Waals surface area contributed by atoms with E-state index in [-0.39, 0.29) is 48.7 Å². The van der Waals surface area contributed by atoms with Crippen LogP contribution in [0.5, 0.6) is 5.75 Å². The molecule has 0 saturated carbocycles. The van der Waals surface area contributed by atoms with Gasteiger partial charge in [-0.3, -0.25) is 9.59 Å². The van der Waals surface area contributed by atoms with Crippen LogP contribution in [0.2, 0.25) is 0 Å². The third kappa shape index (κ3) is 5.86. The highest BCUT2D eigenvalue weighted by atomic mass is 19.1. The summed E-state index contributed by atoms with van der Waals surface area (Å²) in [5.41, 5.74) is 0.229. The molecule has 31 heavy (non-hydrogen) atoms. The van der Waals surface area contributed by atoms with Gasteiger partial charge in [0.1, 0.15) is 36.7 Å². The average molecular weight is 428 g/mol. The van der Waals surface area contributed by atoms with Crippen LogP contribution in [0.1, 0.15) is 40.6 Å². The van der Waals surface area contributed by atoms with Crippen LogP contribution in [0.15, 0.2) is 64.0 Å². The summed E-state index contributed by atoms with van der Waals surface area (Å²) in [7, 11) is 0. The Hall–Kier alpha value is -3.32. The van der Waals surface area contributed by atoms with E-state index >= 15 is 0 Å². The van der Waals surface area contributed by atoms with Crippen LogP contribution in [0.4, 0.5) is 8.78 Å². The van der Waals surface area contributed by atoms with Crippen LogP contribution < -0.4 is 10.2 Å². The molecular formula is C24H22F2O5. The zero-order chi connectivity index (χ0) is 22.2. The highest BCUT2D eigenvalue weighted by Gasteiger charge is 2.20. The van der Waals surface area contributed by atoms with E-state index in [1.807, 2.05) is 30.3 Å². The molecule has 7 heteroatoms. The largest absolute Gasteiger partial charge is 0.482 e. The van der Waals surface area contributed by atoms with Crippen molar-refractivity contribution in [1.82, 2.24) is 0 Å². The van der Waals surface area contributed by atoms with Crippen molar-refractivity contribution in [2.45, 2.75) is 33.0 Å². The summed E-state index contributed by atoms with van der Waals surface area (Å²) in [6, 6.07) is 12.4. The fourth-order valence-corrected chi connectivity index (χ4v) is 2.96. The summed E-state index contributed by atoms with van der Waals surface area (Å²) in [5, 5.41) is 0. The number of ketones is 1. The van der Waals surface area contributed by atoms with Crippen LogP contribution in [-0.4, -0.2) is 12.4 Å². The lowest BCUT2D eigenvalue weighted by Crippen LogP contribution is -2.20. The Morgan fingerprint density at radius 3 is 2.55 bits per heavy atom. The summed E-state index contributed by atoms with van der Waals surface area (Å²) >= 11 is 0. The molecule has 1 aromatic heterocycles. The van der Waals surface area contributed by atoms with Gasteiger partial charge in [-0.2, -0.15) is 0 Å². The van der Waals surface area contributed by atoms with Crippen molar-refractivity contribution < 1.29 is 27.5 Å². The second kappa shape index (κ2) is 10.6. The Bertz CT molecular complexity index is 1090. The van der Waals surface area contributed by atoms with E-state index in [0.717, 1.165) is 24.0 Å². The van der Waals surface area contributed by atoms with E-state index in [1.54, 1.807) is 6.92 Å². The molecule has 0 unspecified atom stereocenters. The van der Waals surface area contributed by atoms with Gasteiger partial charge in [0.05, 0.1) is 0 Å². The van der Waals surface area contributed by atoms with Crippen molar-refractivity contribution in [1.29, 1.82) is 0 Å². The number of hydrogen-bond donors (Lipinski definition) is 0. The molecule has 2 aromatic carbocycles. The predicted molar refractivity (Wildman–Crippen MR) is 110 cm³/mol. The minimum Gasteiger partial charge on any atom is -0.482 e. The molecule has 0 spiro atoms. The molecule has 1 heterocycles. The van der Waals surface area contributed by atoms with Gasteiger partial charge in [-0.1, -0.05) is 36.4 Å². The molecule has 0 aliphatic carbocycles. The lowest BCUT2D eigenvalue weighted by molar-refractivity contribution is 0.0969. The smallest absolute Gasteiger partial charge is 0.237 e. The first-order valence-electron chi connectivity index (χ1n) is 9.85. The van der Waals surface area contributed by atoms with Crippen molar-refractivity contribution in [2.75, 3.05) is 6.61 Å². The van der Waals surface area contributed by atoms with Gasteiger partial charge in [0.2, 0.25) is 11.2 Å². The number of rotatable bonds is 10. The lowest BCUT2D eigenvalue weighted by Gasteiger charge is -2.11. The average Bonchev–Trinajstić information content (AvgIpc) is 2.77. The topological polar surface area (TPSA) is 65.7 Å². The van der Waals surface area contributed by atoms with Gasteiger partial charge in [-0.05, 0) is 30.5 Å². The molecule has 0 fully saturated rings. The molecular weight excluding hydrogens is 406 g/mol. The number of carbonyl (C=O) groups excluding carboxylic acids is 1. The summed E-state index contributed by atoms with van der Waals surface area (Å²) in [4.78, 5) is 25.6. The van der Waals surface area contributed by atoms with E-state index in [0.29, 0.717) is 6.61 Å². The normalized spacial score (nSPS) is 10.8. The van der Waals surface area contributed by atoms with Crippen LogP contribution >= 0.6 is 0 Å². The first-order chi connectivity index (χ1) is 15.0. The van der Waals surface area contributed by atoms with Gasteiger partial charge in [0, 0.05) is 19.1 Å². The molecule has 0 aliphatic rings. The highest BCUT2D eigenvalue weighted by molar-refractivity contribution is 5.96. The molecule has 0 atom stereocenters. The molecule has 3 rings (SSSR count). The third-order valence-corrected chi connectivity index (χ3v) is 4.62. The third-order valence-electron chi connectivity index (χ3n) is 4.62. The maximum absolute atomic E-state index is 13.8. The van der Waals surface area contributed by atoms with Crippen molar-refractivity contribution in [3.63, 3.8) is 0 Å². The maximum atomic E-state index is 13.8. The van der Waals surface area contributed by atoms with E-state index in [1.165, 1.54) is 6.07 Å². The van der Waals surface area contributed by atoms with Crippen LogP contribution in [0.25, 0.3) is 0 Å². The summed E-state index contributed by atoms with van der Waals surface area (Å²) in [5.74, 6) is -1.86. The first kappa shape index (κ1) is 22.4. The van der Waals surface area contributed by atoms with Gasteiger partial charge in [-0.15, -0.1) is 0 Å². The fraction of sp³-hybridized carbons (Fsp3) is 0.250. The van der Waals surface area contributed by atoms with Crippen molar-refractivity contribution in [3.05, 3.63) is 99.1 Å². The van der Waals surface area contributed by atoms with Gasteiger partial charge in [-0.25, -0.2) is 8.78 Å². The second-order valence-corrected chi connectivity index (χ2v) is 6.80. The standard InChI is InChI=1S/C24H22F2O5/c1-2-29-15-22-24(31-13-16-6-4-3-5-7-16)23(28)19(14-30-22)21(27)11-9-17-8-10-18(25)12-20(17)26/h3-8,10,12,14H,2,9,11,13,15H2,1H3. The number of Topliss-reactive ketones (excluding diaryl/α,β-unsaturated/α-hetero) is 1. The monoisotopic (exact) mass is 428 g/mol. The zero-order valence-corrected chi connectivity index (χ0v) is 17.0. The second-order valence-electron chi connectivity index (χ2n) is 6.80. The Morgan fingerprint density at radius 2 is 1.84 bits per heavy atom. The number of halogens is 2. The van der Waals surface area contributed by atoms with Gasteiger partial charge < -0.3 is 13.9 Å². The van der Waals surface area contributed by atoms with E-state index in [2.05, 4.69) is 0 Å². The van der Waals surface area contributed by atoms with E-state index in [4.69, 9.17) is 13.9 Å². The van der Waals surface area contributed by atoms with E-state index in [9.17, 15) is 18.4 Å². The lowest BCUT2D eigenvalue weighted by atomic mass is 10.0. The van der Waals surface area contributed by atoms with Crippen LogP contribution in [0, 0.1) is 11.6 Å². The minimum atomic E-state index is -0.737. The molecule has 0 N–H and O–H groups in total. The van der Waals surface area contributed by atoms with Crippen molar-refractivity contribution in [3.8, 4) is 5.75 Å². The Morgan fingerprint density at radius 1 is 1.06 bits per heavy atom. The predicted octanol–water partition coefficient (Wildman–Crippen LogP) is 4.85. The molecule has 162 valence electrons. The number of ether oxygens (including phenoxy) is 2. The number of benzene rings is 2. The summed E-state index contributed by atoms with van der Waals surface area (Å²) in [6.07, 6.45) is 0.955. The van der Waals surface area contributed by atoms with Gasteiger partial charge in [0.15, 0.2) is 11.5 Å². The maximum Gasteiger partial charge on any atom is 0.237 e. The first-order valence-corrected chi connectivity index (χ1v) is 9.85. The summed E-state index contributed by atoms with van der Waals surface area (Å²) in [6.45, 7) is 2.34. The zero-order valence-electron chi connectivity index (χ0n) is 17.0. The minimum absolute atomic E-state index is 0.0190. The Kier molecular flexibility index (Phi) is 7.67. The van der Waals surface area contributed by atoms with Crippen molar-refractivity contribution >= 4 is 5.78 Å².